The fourth-order valence-electron chi connectivity index (χ4n) is 4.78. The van der Waals surface area contributed by atoms with Crippen molar-refractivity contribution >= 4 is 34.7 Å². The lowest BCUT2D eigenvalue weighted by Crippen LogP contribution is -2.59. The van der Waals surface area contributed by atoms with E-state index in [0.717, 1.165) is 6.42 Å². The molecule has 0 spiro atoms. The number of aromatic nitrogens is 5. The second kappa shape index (κ2) is 7.98. The molecule has 10 nitrogen and oxygen atoms in total. The Hall–Kier alpha value is -2.76. The Morgan fingerprint density at radius 1 is 1.28 bits per heavy atom. The molecule has 0 aliphatic heterocycles. The third kappa shape index (κ3) is 3.14. The summed E-state index contributed by atoms with van der Waals surface area (Å²) in [5.74, 6) is 0.789. The Balaban J connectivity index is 1.52. The zero-order valence-corrected chi connectivity index (χ0v) is 18.3. The van der Waals surface area contributed by atoms with Gasteiger partial charge in [0.25, 0.3) is 0 Å². The number of aliphatic hydroxyl groups is 2. The Labute approximate surface area is 188 Å². The molecule has 32 heavy (non-hydrogen) atoms. The first-order valence-electron chi connectivity index (χ1n) is 10.6. The van der Waals surface area contributed by atoms with E-state index < -0.39 is 28.9 Å². The summed E-state index contributed by atoms with van der Waals surface area (Å²) in [5, 5.41) is 32.6. The van der Waals surface area contributed by atoms with Crippen LogP contribution in [0.4, 0.5) is 5.82 Å². The number of thioether (sulfide) groups is 1. The summed E-state index contributed by atoms with van der Waals surface area (Å²) >= 11 is 1.44. The molecule has 1 amide bonds. The van der Waals surface area contributed by atoms with Gasteiger partial charge >= 0.3 is 0 Å². The number of rotatable bonds is 7. The highest BCUT2D eigenvalue weighted by atomic mass is 32.2. The average Bonchev–Trinajstić information content (AvgIpc) is 3.34. The highest BCUT2D eigenvalue weighted by Gasteiger charge is 2.62. The molecule has 5 N–H and O–H groups in total. The molecule has 2 saturated carbocycles. The molecule has 3 aromatic rings. The predicted molar refractivity (Wildman–Crippen MR) is 120 cm³/mol. The number of amides is 1. The maximum Gasteiger partial charge on any atom is 0.249 e. The quantitative estimate of drug-likeness (QED) is 0.401. The van der Waals surface area contributed by atoms with Crippen molar-refractivity contribution in [3.05, 3.63) is 42.2 Å². The molecule has 0 saturated heterocycles. The van der Waals surface area contributed by atoms with Crippen LogP contribution in [0.15, 0.2) is 36.7 Å². The van der Waals surface area contributed by atoms with Crippen LogP contribution in [0.3, 0.4) is 0 Å². The van der Waals surface area contributed by atoms with E-state index in [0.29, 0.717) is 23.0 Å². The average molecular weight is 456 g/mol. The Morgan fingerprint density at radius 3 is 2.78 bits per heavy atom. The van der Waals surface area contributed by atoms with Gasteiger partial charge in [0.1, 0.15) is 12.4 Å². The molecule has 5 rings (SSSR count). The summed E-state index contributed by atoms with van der Waals surface area (Å²) in [7, 11) is 0. The van der Waals surface area contributed by atoms with Gasteiger partial charge in [-0.25, -0.2) is 14.6 Å². The number of aliphatic hydroxyl groups excluding tert-OH is 2. The van der Waals surface area contributed by atoms with Gasteiger partial charge in [-0.2, -0.15) is 11.8 Å². The molecule has 2 heterocycles. The van der Waals surface area contributed by atoms with Crippen LogP contribution in [0, 0.1) is 0 Å². The number of hydrogen-bond acceptors (Lipinski definition) is 9. The lowest BCUT2D eigenvalue weighted by atomic mass is 9.93. The first-order chi connectivity index (χ1) is 15.5. The fourth-order valence-corrected chi connectivity index (χ4v) is 6.13. The highest BCUT2D eigenvalue weighted by Crippen LogP contribution is 2.46. The van der Waals surface area contributed by atoms with Gasteiger partial charge in [0.05, 0.1) is 6.10 Å². The maximum atomic E-state index is 12.8. The predicted octanol–water partition coefficient (Wildman–Crippen LogP) is 0.617. The largest absolute Gasteiger partial charge is 0.390 e. The van der Waals surface area contributed by atoms with E-state index >= 15 is 0 Å². The number of carbonyl (C=O) groups is 1. The van der Waals surface area contributed by atoms with Gasteiger partial charge in [0, 0.05) is 17.2 Å². The van der Waals surface area contributed by atoms with Crippen molar-refractivity contribution in [2.24, 2.45) is 5.73 Å². The molecule has 168 valence electrons. The van der Waals surface area contributed by atoms with Crippen LogP contribution in [0.2, 0.25) is 0 Å². The molecule has 0 bridgehead atoms. The molecular formula is C21H25N7O3S. The van der Waals surface area contributed by atoms with Crippen LogP contribution >= 0.6 is 11.8 Å². The van der Waals surface area contributed by atoms with Gasteiger partial charge in [0.15, 0.2) is 22.5 Å². The summed E-state index contributed by atoms with van der Waals surface area (Å²) < 4.78 is 1.29. The van der Waals surface area contributed by atoms with Crippen LogP contribution in [-0.4, -0.2) is 70.3 Å². The number of primary amides is 1. The molecule has 0 radical (unpaired) electrons. The third-order valence-electron chi connectivity index (χ3n) is 6.45. The van der Waals surface area contributed by atoms with Crippen molar-refractivity contribution in [3.8, 4) is 0 Å². The molecule has 2 aliphatic rings. The van der Waals surface area contributed by atoms with E-state index in [1.54, 1.807) is 0 Å². The van der Waals surface area contributed by atoms with Crippen molar-refractivity contribution in [3.63, 3.8) is 0 Å². The number of nitrogens with zero attached hydrogens (tertiary/aromatic N) is 5. The Bertz CT molecular complexity index is 1140. The number of nitrogens with one attached hydrogen (secondary N) is 1. The maximum absolute atomic E-state index is 12.8. The van der Waals surface area contributed by atoms with Crippen molar-refractivity contribution in [1.29, 1.82) is 0 Å². The van der Waals surface area contributed by atoms with Gasteiger partial charge in [-0.1, -0.05) is 42.5 Å². The van der Waals surface area contributed by atoms with Gasteiger partial charge in [-0.15, -0.1) is 5.10 Å². The molecule has 11 heteroatoms. The fraction of sp³-hybridized carbons (Fsp3) is 0.476. The zero-order chi connectivity index (χ0) is 22.5. The van der Waals surface area contributed by atoms with Crippen LogP contribution in [0.25, 0.3) is 11.2 Å². The monoisotopic (exact) mass is 455 g/mol. The van der Waals surface area contributed by atoms with E-state index in [1.165, 1.54) is 28.3 Å². The minimum atomic E-state index is -1.66. The van der Waals surface area contributed by atoms with E-state index in [9.17, 15) is 15.0 Å². The molecule has 1 aromatic carbocycles. The normalized spacial score (nSPS) is 31.7. The lowest BCUT2D eigenvalue weighted by molar-refractivity contribution is -0.133. The van der Waals surface area contributed by atoms with Crippen LogP contribution in [0.5, 0.6) is 0 Å². The van der Waals surface area contributed by atoms with Crippen molar-refractivity contribution in [2.45, 2.75) is 54.7 Å². The number of carbonyl (C=O) groups excluding carboxylic acids is 1. The van der Waals surface area contributed by atoms with Crippen molar-refractivity contribution in [2.75, 3.05) is 11.1 Å². The van der Waals surface area contributed by atoms with Gasteiger partial charge in [0.2, 0.25) is 5.91 Å². The van der Waals surface area contributed by atoms with Crippen LogP contribution in [-0.2, 0) is 10.3 Å². The van der Waals surface area contributed by atoms with Crippen molar-refractivity contribution in [1.82, 2.24) is 25.0 Å². The summed E-state index contributed by atoms with van der Waals surface area (Å²) in [4.78, 5) is 21.4. The molecule has 6 atom stereocenters. The third-order valence-corrected chi connectivity index (χ3v) is 7.74. The topological polar surface area (TPSA) is 152 Å². The number of hydrogen-bond donors (Lipinski definition) is 4. The molecular weight excluding hydrogens is 430 g/mol. The summed E-state index contributed by atoms with van der Waals surface area (Å²) in [6.45, 7) is 1.94. The summed E-state index contributed by atoms with van der Waals surface area (Å²) in [6.07, 6.45) is 0.0176. The van der Waals surface area contributed by atoms with Gasteiger partial charge < -0.3 is 21.3 Å². The molecule has 2 aromatic heterocycles. The first kappa shape index (κ1) is 21.1. The van der Waals surface area contributed by atoms with E-state index in [4.69, 9.17) is 5.73 Å². The molecule has 2 fully saturated rings. The van der Waals surface area contributed by atoms with Crippen LogP contribution in [0.1, 0.15) is 31.2 Å². The lowest BCUT2D eigenvalue weighted by Gasteiger charge is -2.34. The number of fused-ring (bicyclic) bond motifs is 1. The standard InChI is InChI=1S/C21H25N7O3S/c1-2-32-15-9-14(29)17(30)21(15,20(22)31)28-19-16(26-27-28)18(23-10-24-19)25-13-8-12(13)11-6-4-3-5-7-11/h3-7,10,12-15,17,29-30H,2,8-9H2,1H3,(H2,22,31)(H,23,24,25). The number of anilines is 1. The number of nitrogens with two attached hydrogens (primary N) is 1. The first-order valence-corrected chi connectivity index (χ1v) is 11.7. The highest BCUT2D eigenvalue weighted by molar-refractivity contribution is 8.00. The van der Waals surface area contributed by atoms with Crippen LogP contribution < -0.4 is 11.1 Å². The summed E-state index contributed by atoms with van der Waals surface area (Å²) in [6, 6.07) is 10.4. The van der Waals surface area contributed by atoms with E-state index in [2.05, 4.69) is 37.7 Å². The SMILES string of the molecule is CCSC1CC(O)C(O)C1(C(N)=O)n1nnc2c(NC3CC3c3ccccc3)ncnc21. The molecule has 6 unspecified atom stereocenters. The Morgan fingerprint density at radius 2 is 2.06 bits per heavy atom. The smallest absolute Gasteiger partial charge is 0.249 e. The minimum Gasteiger partial charge on any atom is -0.390 e. The van der Waals surface area contributed by atoms with E-state index in [1.807, 2.05) is 25.1 Å². The Kier molecular flexibility index (Phi) is 5.26. The molecule has 2 aliphatic carbocycles. The number of benzene rings is 1. The van der Waals surface area contributed by atoms with Gasteiger partial charge in [-0.05, 0) is 24.2 Å². The zero-order valence-electron chi connectivity index (χ0n) is 17.5. The summed E-state index contributed by atoms with van der Waals surface area (Å²) in [5.41, 5.74) is 6.10. The minimum absolute atomic E-state index is 0.202. The second-order valence-corrected chi connectivity index (χ2v) is 9.76. The second-order valence-electron chi connectivity index (χ2n) is 8.28. The van der Waals surface area contributed by atoms with Gasteiger partial charge in [-0.3, -0.25) is 4.79 Å². The van der Waals surface area contributed by atoms with E-state index in [-0.39, 0.29) is 18.1 Å². The van der Waals surface area contributed by atoms with Crippen molar-refractivity contribution < 1.29 is 15.0 Å².